The van der Waals surface area contributed by atoms with Crippen LogP contribution in [-0.4, -0.2) is 23.4 Å². The molecule has 1 atom stereocenters. The second-order valence-corrected chi connectivity index (χ2v) is 7.35. The number of nitrogens with zero attached hydrogens (tertiary/aromatic N) is 1. The first-order valence-corrected chi connectivity index (χ1v) is 8.23. The average molecular weight is 363 g/mol. The van der Waals surface area contributed by atoms with Gasteiger partial charge in [-0.2, -0.15) is 0 Å². The van der Waals surface area contributed by atoms with E-state index in [1.54, 1.807) is 11.3 Å². The molecule has 1 aliphatic rings. The Morgan fingerprint density at radius 1 is 1.53 bits per heavy atom. The number of thiophene rings is 1. The van der Waals surface area contributed by atoms with E-state index < -0.39 is 0 Å². The smallest absolute Gasteiger partial charge is 0.254 e. The molecule has 1 amide bonds. The number of halogens is 1. The molecule has 1 unspecified atom stereocenters. The molecular weight excluding hydrogens is 345 g/mol. The number of hydrogen-bond donors (Lipinski definition) is 0. The molecule has 0 aliphatic carbocycles. The van der Waals surface area contributed by atoms with Crippen molar-refractivity contribution in [3.63, 3.8) is 0 Å². The number of carbonyl (C=O) groups is 1. The van der Waals surface area contributed by atoms with Gasteiger partial charge in [0.15, 0.2) is 0 Å². The predicted octanol–water partition coefficient (Wildman–Crippen LogP) is 4.15. The van der Waals surface area contributed by atoms with E-state index in [0.717, 1.165) is 24.9 Å². The van der Waals surface area contributed by atoms with Gasteiger partial charge in [0.1, 0.15) is 0 Å². The molecule has 1 aromatic heterocycles. The lowest BCUT2D eigenvalue weighted by molar-refractivity contribution is 0.0679. The highest BCUT2D eigenvalue weighted by Crippen LogP contribution is 2.24. The first-order chi connectivity index (χ1) is 8.22. The monoisotopic (exact) mass is 363 g/mol. The summed E-state index contributed by atoms with van der Waals surface area (Å²) in [5.41, 5.74) is 0.875. The van der Waals surface area contributed by atoms with Crippen LogP contribution in [-0.2, 0) is 0 Å². The highest BCUT2D eigenvalue weighted by Gasteiger charge is 2.25. The minimum atomic E-state index is 0.234. The largest absolute Gasteiger partial charge is 0.336 e. The van der Waals surface area contributed by atoms with Crippen molar-refractivity contribution < 1.29 is 4.79 Å². The van der Waals surface area contributed by atoms with E-state index in [4.69, 9.17) is 0 Å². The predicted molar refractivity (Wildman–Crippen MR) is 80.6 cm³/mol. The summed E-state index contributed by atoms with van der Waals surface area (Å²) in [6.45, 7) is 3.12. The van der Waals surface area contributed by atoms with Crippen molar-refractivity contribution in [2.45, 2.75) is 45.1 Å². The Hall–Kier alpha value is -0.100. The summed E-state index contributed by atoms with van der Waals surface area (Å²) in [6.07, 6.45) is 5.94. The van der Waals surface area contributed by atoms with Crippen LogP contribution in [0.15, 0.2) is 11.4 Å². The van der Waals surface area contributed by atoms with Gasteiger partial charge in [0, 0.05) is 18.0 Å². The van der Waals surface area contributed by atoms with Crippen LogP contribution >= 0.6 is 33.9 Å². The number of hydrogen-bond acceptors (Lipinski definition) is 2. The van der Waals surface area contributed by atoms with Crippen molar-refractivity contribution in [3.05, 3.63) is 19.9 Å². The van der Waals surface area contributed by atoms with Gasteiger partial charge < -0.3 is 4.90 Å². The van der Waals surface area contributed by atoms with Crippen LogP contribution < -0.4 is 0 Å². The van der Waals surface area contributed by atoms with Crippen molar-refractivity contribution >= 4 is 39.8 Å². The third kappa shape index (κ3) is 3.22. The summed E-state index contributed by atoms with van der Waals surface area (Å²) in [4.78, 5) is 14.6. The summed E-state index contributed by atoms with van der Waals surface area (Å²) in [5.74, 6) is 0.234. The van der Waals surface area contributed by atoms with Crippen LogP contribution in [0.3, 0.4) is 0 Å². The molecule has 1 aliphatic heterocycles. The molecule has 1 aromatic rings. The number of amides is 1. The van der Waals surface area contributed by atoms with Gasteiger partial charge in [0.2, 0.25) is 0 Å². The maximum absolute atomic E-state index is 12.5. The van der Waals surface area contributed by atoms with Gasteiger partial charge in [-0.25, -0.2) is 0 Å². The molecular formula is C13H18INOS. The first-order valence-electron chi connectivity index (χ1n) is 6.27. The molecule has 2 heterocycles. The Balaban J connectivity index is 2.15. The number of carbonyl (C=O) groups excluding carboxylic acids is 1. The third-order valence-electron chi connectivity index (χ3n) is 3.42. The Kier molecular flexibility index (Phi) is 4.85. The standard InChI is InChI=1S/C13H18INOS/c1-2-11-6-4-3-5-7-15(11)13(16)10-8-12(14)17-9-10/h8-9,11H,2-7H2,1H3. The minimum absolute atomic E-state index is 0.234. The summed E-state index contributed by atoms with van der Waals surface area (Å²) >= 11 is 3.92. The molecule has 0 saturated carbocycles. The van der Waals surface area contributed by atoms with E-state index in [0.29, 0.717) is 6.04 Å². The first kappa shape index (κ1) is 13.3. The van der Waals surface area contributed by atoms with Crippen molar-refractivity contribution in [2.75, 3.05) is 6.54 Å². The van der Waals surface area contributed by atoms with E-state index in [-0.39, 0.29) is 5.91 Å². The number of likely N-dealkylation sites (tertiary alicyclic amines) is 1. The highest BCUT2D eigenvalue weighted by molar-refractivity contribution is 14.1. The zero-order valence-corrected chi connectivity index (χ0v) is 13.1. The maximum Gasteiger partial charge on any atom is 0.254 e. The van der Waals surface area contributed by atoms with E-state index in [1.807, 2.05) is 11.4 Å². The third-order valence-corrected chi connectivity index (χ3v) is 5.21. The SMILES string of the molecule is CCC1CCCCCN1C(=O)c1csc(I)c1. The minimum Gasteiger partial charge on any atom is -0.336 e. The van der Waals surface area contributed by atoms with E-state index >= 15 is 0 Å². The molecule has 4 heteroatoms. The van der Waals surface area contributed by atoms with Gasteiger partial charge in [-0.15, -0.1) is 11.3 Å². The van der Waals surface area contributed by atoms with Gasteiger partial charge in [-0.1, -0.05) is 19.8 Å². The van der Waals surface area contributed by atoms with Gasteiger partial charge in [-0.05, 0) is 47.9 Å². The summed E-state index contributed by atoms with van der Waals surface area (Å²) < 4.78 is 1.19. The van der Waals surface area contributed by atoms with Crippen LogP contribution in [0.4, 0.5) is 0 Å². The van der Waals surface area contributed by atoms with Crippen LogP contribution in [0.25, 0.3) is 0 Å². The molecule has 0 aromatic carbocycles. The Morgan fingerprint density at radius 3 is 3.00 bits per heavy atom. The van der Waals surface area contributed by atoms with E-state index in [9.17, 15) is 4.79 Å². The molecule has 2 rings (SSSR count). The fraction of sp³-hybridized carbons (Fsp3) is 0.615. The Bertz CT molecular complexity index is 391. The molecule has 0 spiro atoms. The number of rotatable bonds is 2. The molecule has 0 bridgehead atoms. The van der Waals surface area contributed by atoms with Gasteiger partial charge in [-0.3, -0.25) is 4.79 Å². The lowest BCUT2D eigenvalue weighted by Gasteiger charge is -2.29. The molecule has 0 N–H and O–H groups in total. The fourth-order valence-electron chi connectivity index (χ4n) is 2.46. The molecule has 1 fully saturated rings. The topological polar surface area (TPSA) is 20.3 Å². The quantitative estimate of drug-likeness (QED) is 0.723. The van der Waals surface area contributed by atoms with Gasteiger partial charge in [0.05, 0.1) is 8.45 Å². The van der Waals surface area contributed by atoms with Crippen molar-refractivity contribution in [1.29, 1.82) is 0 Å². The Labute approximate surface area is 121 Å². The fourth-order valence-corrected chi connectivity index (χ4v) is 3.78. The highest BCUT2D eigenvalue weighted by atomic mass is 127. The molecule has 0 radical (unpaired) electrons. The normalized spacial score (nSPS) is 21.3. The van der Waals surface area contributed by atoms with Crippen LogP contribution in [0, 0.1) is 2.88 Å². The van der Waals surface area contributed by atoms with Gasteiger partial charge in [0.25, 0.3) is 5.91 Å². The summed E-state index contributed by atoms with van der Waals surface area (Å²) in [5, 5.41) is 1.99. The van der Waals surface area contributed by atoms with E-state index in [1.165, 1.54) is 22.1 Å². The van der Waals surface area contributed by atoms with Gasteiger partial charge >= 0.3 is 0 Å². The molecule has 94 valence electrons. The van der Waals surface area contributed by atoms with Crippen LogP contribution in [0.5, 0.6) is 0 Å². The molecule has 17 heavy (non-hydrogen) atoms. The van der Waals surface area contributed by atoms with Crippen LogP contribution in [0.2, 0.25) is 0 Å². The van der Waals surface area contributed by atoms with Crippen molar-refractivity contribution in [2.24, 2.45) is 0 Å². The Morgan fingerprint density at radius 2 is 2.35 bits per heavy atom. The van der Waals surface area contributed by atoms with Crippen molar-refractivity contribution in [3.8, 4) is 0 Å². The maximum atomic E-state index is 12.5. The van der Waals surface area contributed by atoms with Crippen molar-refractivity contribution in [1.82, 2.24) is 4.90 Å². The lowest BCUT2D eigenvalue weighted by atomic mass is 10.1. The zero-order valence-electron chi connectivity index (χ0n) is 10.1. The summed E-state index contributed by atoms with van der Waals surface area (Å²) in [6, 6.07) is 2.45. The zero-order chi connectivity index (χ0) is 12.3. The lowest BCUT2D eigenvalue weighted by Crippen LogP contribution is -2.39. The second kappa shape index (κ2) is 6.18. The molecule has 2 nitrogen and oxygen atoms in total. The summed E-state index contributed by atoms with van der Waals surface area (Å²) in [7, 11) is 0. The molecule has 1 saturated heterocycles. The average Bonchev–Trinajstić information content (AvgIpc) is 2.64. The van der Waals surface area contributed by atoms with E-state index in [2.05, 4.69) is 34.4 Å². The second-order valence-electron chi connectivity index (χ2n) is 4.55. The van der Waals surface area contributed by atoms with Crippen LogP contribution in [0.1, 0.15) is 49.4 Å².